The molecule has 1 heterocycles. The summed E-state index contributed by atoms with van der Waals surface area (Å²) in [6.07, 6.45) is 4.16. The van der Waals surface area contributed by atoms with Crippen molar-refractivity contribution in [2.75, 3.05) is 0 Å². The van der Waals surface area contributed by atoms with E-state index in [4.69, 9.17) is 4.74 Å². The molecule has 1 aliphatic rings. The molecule has 2 aromatic rings. The van der Waals surface area contributed by atoms with Gasteiger partial charge in [-0.2, -0.15) is 0 Å². The van der Waals surface area contributed by atoms with Crippen LogP contribution in [0.25, 0.3) is 0 Å². The van der Waals surface area contributed by atoms with E-state index in [1.165, 1.54) is 6.20 Å². The summed E-state index contributed by atoms with van der Waals surface area (Å²) in [6, 6.07) is 8.53. The lowest BCUT2D eigenvalue weighted by Crippen LogP contribution is -2.10. The van der Waals surface area contributed by atoms with Gasteiger partial charge in [-0.15, -0.1) is 0 Å². The molecular weight excluding hydrogens is 242 g/mol. The van der Waals surface area contributed by atoms with Crippen molar-refractivity contribution in [1.29, 1.82) is 0 Å². The first-order valence-electron chi connectivity index (χ1n) is 6.03. The third-order valence-corrected chi connectivity index (χ3v) is 3.14. The zero-order valence-corrected chi connectivity index (χ0v) is 10.1. The number of fused-ring (bicyclic) bond motifs is 1. The molecule has 1 aromatic heterocycles. The van der Waals surface area contributed by atoms with Crippen molar-refractivity contribution in [2.24, 2.45) is 0 Å². The van der Waals surface area contributed by atoms with E-state index in [0.29, 0.717) is 29.7 Å². The van der Waals surface area contributed by atoms with Gasteiger partial charge in [0.2, 0.25) is 0 Å². The van der Waals surface area contributed by atoms with Crippen molar-refractivity contribution in [1.82, 2.24) is 4.98 Å². The number of ether oxygens (including phenoxy) is 1. The molecule has 0 unspecified atom stereocenters. The number of aromatic nitrogens is 1. The Morgan fingerprint density at radius 1 is 1.16 bits per heavy atom. The highest BCUT2D eigenvalue weighted by Gasteiger charge is 2.23. The van der Waals surface area contributed by atoms with Gasteiger partial charge in [-0.1, -0.05) is 12.1 Å². The van der Waals surface area contributed by atoms with E-state index in [-0.39, 0.29) is 5.78 Å². The summed E-state index contributed by atoms with van der Waals surface area (Å²) < 4.78 is 5.36. The Hall–Kier alpha value is -2.49. The number of hydrogen-bond acceptors (Lipinski definition) is 4. The first-order chi connectivity index (χ1) is 9.25. The first-order valence-corrected chi connectivity index (χ1v) is 6.03. The van der Waals surface area contributed by atoms with E-state index in [1.807, 2.05) is 0 Å². The van der Waals surface area contributed by atoms with Gasteiger partial charge in [-0.05, 0) is 24.6 Å². The Labute approximate surface area is 110 Å². The average molecular weight is 253 g/mol. The molecule has 0 bridgehead atoms. The van der Waals surface area contributed by atoms with Crippen molar-refractivity contribution < 1.29 is 14.3 Å². The van der Waals surface area contributed by atoms with Crippen LogP contribution < -0.4 is 4.74 Å². The molecule has 0 N–H and O–H groups in total. The highest BCUT2D eigenvalue weighted by Crippen LogP contribution is 2.30. The standard InChI is InChI=1S/C15H11NO3/c17-13-7-6-12-11(13)4-1-5-14(12)19-15(18)10-3-2-8-16-9-10/h1-5,8-9H,6-7H2. The zero-order chi connectivity index (χ0) is 13.2. The van der Waals surface area contributed by atoms with E-state index in [9.17, 15) is 9.59 Å². The maximum Gasteiger partial charge on any atom is 0.345 e. The molecule has 0 atom stereocenters. The van der Waals surface area contributed by atoms with Gasteiger partial charge < -0.3 is 4.74 Å². The molecule has 0 saturated carbocycles. The van der Waals surface area contributed by atoms with Crippen molar-refractivity contribution in [3.8, 4) is 5.75 Å². The molecule has 0 aliphatic heterocycles. The number of ketones is 1. The predicted molar refractivity (Wildman–Crippen MR) is 68.3 cm³/mol. The van der Waals surface area contributed by atoms with Crippen LogP contribution in [-0.2, 0) is 6.42 Å². The molecule has 1 aliphatic carbocycles. The van der Waals surface area contributed by atoms with Gasteiger partial charge in [-0.3, -0.25) is 9.78 Å². The molecule has 19 heavy (non-hydrogen) atoms. The molecule has 0 spiro atoms. The predicted octanol–water partition coefficient (Wildman–Crippen LogP) is 2.43. The molecule has 0 fully saturated rings. The lowest BCUT2D eigenvalue weighted by molar-refractivity contribution is 0.0732. The van der Waals surface area contributed by atoms with Crippen molar-refractivity contribution in [3.05, 3.63) is 59.4 Å². The minimum Gasteiger partial charge on any atom is -0.423 e. The van der Waals surface area contributed by atoms with Gasteiger partial charge in [-0.25, -0.2) is 4.79 Å². The molecule has 94 valence electrons. The summed E-state index contributed by atoms with van der Waals surface area (Å²) in [5.74, 6) is 0.118. The number of Topliss-reactive ketones (excluding diaryl/α,β-unsaturated/α-hetero) is 1. The van der Waals surface area contributed by atoms with Crippen LogP contribution in [-0.4, -0.2) is 16.7 Å². The number of esters is 1. The highest BCUT2D eigenvalue weighted by atomic mass is 16.5. The normalized spacial score (nSPS) is 13.2. The van der Waals surface area contributed by atoms with Crippen LogP contribution in [0.15, 0.2) is 42.7 Å². The number of pyridine rings is 1. The lowest BCUT2D eigenvalue weighted by atomic mass is 10.1. The van der Waals surface area contributed by atoms with Gasteiger partial charge in [0.1, 0.15) is 5.75 Å². The second kappa shape index (κ2) is 4.65. The Balaban J connectivity index is 1.89. The molecule has 0 saturated heterocycles. The molecule has 4 nitrogen and oxygen atoms in total. The summed E-state index contributed by atoms with van der Waals surface area (Å²) >= 11 is 0. The van der Waals surface area contributed by atoms with Crippen LogP contribution in [0.3, 0.4) is 0 Å². The van der Waals surface area contributed by atoms with Gasteiger partial charge >= 0.3 is 5.97 Å². The van der Waals surface area contributed by atoms with E-state index in [1.54, 1.807) is 36.5 Å². The number of carbonyl (C=O) groups is 2. The third-order valence-electron chi connectivity index (χ3n) is 3.14. The second-order valence-electron chi connectivity index (χ2n) is 4.34. The summed E-state index contributed by atoms with van der Waals surface area (Å²) in [7, 11) is 0. The van der Waals surface area contributed by atoms with Crippen molar-refractivity contribution in [3.63, 3.8) is 0 Å². The summed E-state index contributed by atoms with van der Waals surface area (Å²) in [5, 5.41) is 0. The Morgan fingerprint density at radius 3 is 2.84 bits per heavy atom. The number of nitrogens with zero attached hydrogens (tertiary/aromatic N) is 1. The van der Waals surface area contributed by atoms with E-state index in [0.717, 1.165) is 5.56 Å². The lowest BCUT2D eigenvalue weighted by Gasteiger charge is -2.08. The molecule has 3 rings (SSSR count). The van der Waals surface area contributed by atoms with Gasteiger partial charge in [0.05, 0.1) is 5.56 Å². The van der Waals surface area contributed by atoms with Crippen molar-refractivity contribution >= 4 is 11.8 Å². The van der Waals surface area contributed by atoms with Crippen molar-refractivity contribution in [2.45, 2.75) is 12.8 Å². The summed E-state index contributed by atoms with van der Waals surface area (Å²) in [4.78, 5) is 27.4. The van der Waals surface area contributed by atoms with Gasteiger partial charge in [0, 0.05) is 29.9 Å². The minimum atomic E-state index is -0.458. The molecule has 0 amide bonds. The fourth-order valence-corrected chi connectivity index (χ4v) is 2.20. The van der Waals surface area contributed by atoms with Crippen LogP contribution in [0.4, 0.5) is 0 Å². The smallest absolute Gasteiger partial charge is 0.345 e. The number of rotatable bonds is 2. The quantitative estimate of drug-likeness (QED) is 0.609. The molecule has 0 radical (unpaired) electrons. The number of benzene rings is 1. The summed E-state index contributed by atoms with van der Waals surface area (Å²) in [6.45, 7) is 0. The number of carbonyl (C=O) groups excluding carboxylic acids is 2. The van der Waals surface area contributed by atoms with Gasteiger partial charge in [0.15, 0.2) is 5.78 Å². The Kier molecular flexibility index (Phi) is 2.83. The molecule has 1 aromatic carbocycles. The van der Waals surface area contributed by atoms with Crippen LogP contribution in [0.2, 0.25) is 0 Å². The third kappa shape index (κ3) is 2.12. The maximum absolute atomic E-state index is 11.9. The zero-order valence-electron chi connectivity index (χ0n) is 10.1. The van der Waals surface area contributed by atoms with Crippen LogP contribution in [0.1, 0.15) is 32.7 Å². The molecule has 4 heteroatoms. The average Bonchev–Trinajstić information content (AvgIpc) is 2.83. The van der Waals surface area contributed by atoms with Crippen LogP contribution in [0.5, 0.6) is 5.75 Å². The Morgan fingerprint density at radius 2 is 2.05 bits per heavy atom. The monoisotopic (exact) mass is 253 g/mol. The molecular formula is C15H11NO3. The summed E-state index contributed by atoms with van der Waals surface area (Å²) in [5.41, 5.74) is 1.88. The highest BCUT2D eigenvalue weighted by molar-refractivity contribution is 6.01. The first kappa shape index (κ1) is 11.6. The van der Waals surface area contributed by atoms with Gasteiger partial charge in [0.25, 0.3) is 0 Å². The number of hydrogen-bond donors (Lipinski definition) is 0. The van der Waals surface area contributed by atoms with Crippen LogP contribution >= 0.6 is 0 Å². The van der Waals surface area contributed by atoms with E-state index in [2.05, 4.69) is 4.98 Å². The van der Waals surface area contributed by atoms with Crippen LogP contribution in [0, 0.1) is 0 Å². The topological polar surface area (TPSA) is 56.3 Å². The fraction of sp³-hybridized carbons (Fsp3) is 0.133. The maximum atomic E-state index is 11.9. The second-order valence-corrected chi connectivity index (χ2v) is 4.34. The Bertz CT molecular complexity index is 650. The largest absolute Gasteiger partial charge is 0.423 e. The SMILES string of the molecule is O=C(Oc1cccc2c1CCC2=O)c1cccnc1. The fourth-order valence-electron chi connectivity index (χ4n) is 2.20. The van der Waals surface area contributed by atoms with E-state index < -0.39 is 5.97 Å². The van der Waals surface area contributed by atoms with E-state index >= 15 is 0 Å². The minimum absolute atomic E-state index is 0.106.